The minimum absolute atomic E-state index is 0.00309. The number of carboxylic acid groups (broad SMARTS) is 1. The van der Waals surface area contributed by atoms with Crippen LogP contribution in [-0.4, -0.2) is 44.7 Å². The van der Waals surface area contributed by atoms with E-state index in [-0.39, 0.29) is 35.2 Å². The largest absolute Gasteiger partial charge is 0.481 e. The number of aliphatic hydroxyl groups is 3. The van der Waals surface area contributed by atoms with Gasteiger partial charge in [-0.1, -0.05) is 20.8 Å². The van der Waals surface area contributed by atoms with Crippen molar-refractivity contribution in [3.05, 3.63) is 0 Å². The highest BCUT2D eigenvalue weighted by Gasteiger charge is 2.65. The summed E-state index contributed by atoms with van der Waals surface area (Å²) in [5, 5.41) is 41.7. The Bertz CT molecular complexity index is 637. The van der Waals surface area contributed by atoms with Crippen molar-refractivity contribution in [2.24, 2.45) is 46.3 Å². The van der Waals surface area contributed by atoms with Gasteiger partial charge in [-0.2, -0.15) is 0 Å². The van der Waals surface area contributed by atoms with Crippen LogP contribution in [0.15, 0.2) is 0 Å². The van der Waals surface area contributed by atoms with E-state index in [1.54, 1.807) is 0 Å². The maximum absolute atomic E-state index is 11.3. The lowest BCUT2D eigenvalue weighted by molar-refractivity contribution is -0.223. The summed E-state index contributed by atoms with van der Waals surface area (Å²) in [5.74, 6) is 1.06. The number of hydrogen-bond donors (Lipinski definition) is 4. The molecule has 4 aliphatic rings. The van der Waals surface area contributed by atoms with Gasteiger partial charge in [-0.05, 0) is 97.7 Å². The maximum atomic E-state index is 11.3. The standard InChI is InChI=1S/C24H40O5/c1-13(4-7-19(26)27)15-5-6-16-20-17(9-11-23(15,16)2)24(3)10-8-14(25)12-18(24)21(28)22(20)29/h13-18,20-22,25,28-29H,4-12H2,1-3H3,(H,26,27)/t13-,14+,15-,16+,17+,18+,20+,21-,22+,23-,24-/m1/s1. The molecule has 29 heavy (non-hydrogen) atoms. The van der Waals surface area contributed by atoms with Crippen LogP contribution in [0, 0.1) is 46.3 Å². The van der Waals surface area contributed by atoms with Crippen molar-refractivity contribution < 1.29 is 25.2 Å². The lowest BCUT2D eigenvalue weighted by atomic mass is 9.43. The lowest BCUT2D eigenvalue weighted by Crippen LogP contribution is -2.64. The summed E-state index contributed by atoms with van der Waals surface area (Å²) in [6.07, 6.45) is 5.87. The second-order valence-electron chi connectivity index (χ2n) is 11.5. The van der Waals surface area contributed by atoms with Crippen LogP contribution in [0.1, 0.15) is 78.6 Å². The molecule has 166 valence electrons. The quantitative estimate of drug-likeness (QED) is 0.571. The molecule has 0 aromatic heterocycles. The van der Waals surface area contributed by atoms with Crippen LogP contribution < -0.4 is 0 Å². The normalized spacial score (nSPS) is 52.9. The van der Waals surface area contributed by atoms with Crippen LogP contribution in [0.4, 0.5) is 0 Å². The fourth-order valence-electron chi connectivity index (χ4n) is 8.77. The van der Waals surface area contributed by atoms with Crippen molar-refractivity contribution in [2.75, 3.05) is 0 Å². The van der Waals surface area contributed by atoms with Crippen LogP contribution in [-0.2, 0) is 4.79 Å². The second-order valence-corrected chi connectivity index (χ2v) is 11.5. The van der Waals surface area contributed by atoms with Crippen molar-refractivity contribution >= 4 is 5.97 Å². The van der Waals surface area contributed by atoms with Gasteiger partial charge in [-0.15, -0.1) is 0 Å². The van der Waals surface area contributed by atoms with E-state index >= 15 is 0 Å². The lowest BCUT2D eigenvalue weighted by Gasteiger charge is -2.63. The molecule has 0 aromatic carbocycles. The van der Waals surface area contributed by atoms with Crippen molar-refractivity contribution in [1.82, 2.24) is 0 Å². The zero-order chi connectivity index (χ0) is 21.1. The van der Waals surface area contributed by atoms with Gasteiger partial charge in [-0.25, -0.2) is 0 Å². The molecule has 11 atom stereocenters. The average molecular weight is 409 g/mol. The van der Waals surface area contributed by atoms with Gasteiger partial charge < -0.3 is 20.4 Å². The van der Waals surface area contributed by atoms with E-state index in [0.717, 1.165) is 44.9 Å². The molecule has 5 nitrogen and oxygen atoms in total. The number of carboxylic acids is 1. The molecule has 4 fully saturated rings. The summed E-state index contributed by atoms with van der Waals surface area (Å²) in [6, 6.07) is 0. The molecule has 0 saturated heterocycles. The van der Waals surface area contributed by atoms with Gasteiger partial charge in [-0.3, -0.25) is 4.79 Å². The molecule has 4 N–H and O–H groups in total. The molecule has 0 heterocycles. The van der Waals surface area contributed by atoms with Gasteiger partial charge >= 0.3 is 5.97 Å². The zero-order valence-electron chi connectivity index (χ0n) is 18.3. The molecule has 0 bridgehead atoms. The van der Waals surface area contributed by atoms with Crippen molar-refractivity contribution in [1.29, 1.82) is 0 Å². The Hall–Kier alpha value is -0.650. The Morgan fingerprint density at radius 2 is 1.59 bits per heavy atom. The Balaban J connectivity index is 1.59. The Labute approximate surface area is 174 Å². The summed E-state index contributed by atoms with van der Waals surface area (Å²) in [4.78, 5) is 11.1. The topological polar surface area (TPSA) is 98.0 Å². The van der Waals surface area contributed by atoms with E-state index in [0.29, 0.717) is 30.1 Å². The number of rotatable bonds is 4. The first-order valence-corrected chi connectivity index (χ1v) is 11.9. The molecule has 0 spiro atoms. The molecule has 0 unspecified atom stereocenters. The van der Waals surface area contributed by atoms with Crippen molar-refractivity contribution in [2.45, 2.75) is 96.9 Å². The van der Waals surface area contributed by atoms with Gasteiger partial charge in [0.2, 0.25) is 0 Å². The van der Waals surface area contributed by atoms with Crippen molar-refractivity contribution in [3.8, 4) is 0 Å². The first kappa shape index (κ1) is 21.6. The fourth-order valence-corrected chi connectivity index (χ4v) is 8.77. The predicted molar refractivity (Wildman–Crippen MR) is 110 cm³/mol. The third kappa shape index (κ3) is 3.27. The van der Waals surface area contributed by atoms with E-state index < -0.39 is 18.2 Å². The molecule has 4 rings (SSSR count). The van der Waals surface area contributed by atoms with E-state index in [1.807, 2.05) is 0 Å². The first-order chi connectivity index (χ1) is 13.6. The third-order valence-electron chi connectivity index (χ3n) is 10.3. The minimum atomic E-state index is -0.748. The summed E-state index contributed by atoms with van der Waals surface area (Å²) >= 11 is 0. The van der Waals surface area contributed by atoms with Gasteiger partial charge in [0.25, 0.3) is 0 Å². The number of hydrogen-bond acceptors (Lipinski definition) is 4. The molecule has 0 radical (unpaired) electrons. The van der Waals surface area contributed by atoms with E-state index in [1.165, 1.54) is 0 Å². The number of aliphatic carboxylic acids is 1. The monoisotopic (exact) mass is 408 g/mol. The summed E-state index contributed by atoms with van der Waals surface area (Å²) < 4.78 is 0. The summed E-state index contributed by atoms with van der Waals surface area (Å²) in [7, 11) is 0. The highest BCUT2D eigenvalue weighted by atomic mass is 16.4. The van der Waals surface area contributed by atoms with E-state index in [4.69, 9.17) is 5.11 Å². The Morgan fingerprint density at radius 1 is 0.931 bits per heavy atom. The zero-order valence-corrected chi connectivity index (χ0v) is 18.3. The SMILES string of the molecule is C[C@H](CCC(=O)O)[C@H]1CC[C@H]2[C@@H]3[C@H](O)[C@H](O)[C@@H]4C[C@@H](O)CC[C@]4(C)[C@H]3CC[C@]12C. The Kier molecular flexibility index (Phi) is 5.57. The first-order valence-electron chi connectivity index (χ1n) is 11.9. The van der Waals surface area contributed by atoms with Crippen LogP contribution >= 0.6 is 0 Å². The van der Waals surface area contributed by atoms with E-state index in [9.17, 15) is 20.1 Å². The minimum Gasteiger partial charge on any atom is -0.481 e. The molecular weight excluding hydrogens is 368 g/mol. The molecule has 5 heteroatoms. The molecular formula is C24H40O5. The maximum Gasteiger partial charge on any atom is 0.303 e. The number of fused-ring (bicyclic) bond motifs is 5. The van der Waals surface area contributed by atoms with Crippen LogP contribution in [0.2, 0.25) is 0 Å². The molecule has 4 saturated carbocycles. The molecule has 0 amide bonds. The third-order valence-corrected chi connectivity index (χ3v) is 10.3. The van der Waals surface area contributed by atoms with Gasteiger partial charge in [0.05, 0.1) is 18.3 Å². The second kappa shape index (κ2) is 7.49. The molecule has 0 aromatic rings. The van der Waals surface area contributed by atoms with Gasteiger partial charge in [0.1, 0.15) is 0 Å². The Morgan fingerprint density at radius 3 is 2.28 bits per heavy atom. The number of aliphatic hydroxyl groups excluding tert-OH is 3. The van der Waals surface area contributed by atoms with Gasteiger partial charge in [0, 0.05) is 6.42 Å². The molecule has 0 aliphatic heterocycles. The fraction of sp³-hybridized carbons (Fsp3) is 0.958. The van der Waals surface area contributed by atoms with Crippen LogP contribution in [0.3, 0.4) is 0 Å². The van der Waals surface area contributed by atoms with Crippen LogP contribution in [0.5, 0.6) is 0 Å². The summed E-state index contributed by atoms with van der Waals surface area (Å²) in [5.41, 5.74) is 0.119. The summed E-state index contributed by atoms with van der Waals surface area (Å²) in [6.45, 7) is 6.89. The predicted octanol–water partition coefficient (Wildman–Crippen LogP) is 3.45. The average Bonchev–Trinajstić information content (AvgIpc) is 3.02. The smallest absolute Gasteiger partial charge is 0.303 e. The number of carbonyl (C=O) groups is 1. The highest BCUT2D eigenvalue weighted by Crippen LogP contribution is 2.68. The van der Waals surface area contributed by atoms with Crippen LogP contribution in [0.25, 0.3) is 0 Å². The molecule has 4 aliphatic carbocycles. The van der Waals surface area contributed by atoms with E-state index in [2.05, 4.69) is 20.8 Å². The highest BCUT2D eigenvalue weighted by molar-refractivity contribution is 5.66. The van der Waals surface area contributed by atoms with Gasteiger partial charge in [0.15, 0.2) is 0 Å². The van der Waals surface area contributed by atoms with Crippen molar-refractivity contribution in [3.63, 3.8) is 0 Å².